The fourth-order valence-electron chi connectivity index (χ4n) is 6.05. The third-order valence-corrected chi connectivity index (χ3v) is 8.50. The van der Waals surface area contributed by atoms with E-state index in [2.05, 4.69) is 15.2 Å². The van der Waals surface area contributed by atoms with Crippen molar-refractivity contribution in [3.63, 3.8) is 0 Å². The third-order valence-electron chi connectivity index (χ3n) is 7.46. The van der Waals surface area contributed by atoms with E-state index in [4.69, 9.17) is 0 Å². The molecule has 2 fully saturated rings. The lowest BCUT2D eigenvalue weighted by Gasteiger charge is -2.36. The van der Waals surface area contributed by atoms with Gasteiger partial charge in [0.15, 0.2) is 5.78 Å². The minimum absolute atomic E-state index is 0.00806. The van der Waals surface area contributed by atoms with Gasteiger partial charge in [-0.15, -0.1) is 11.8 Å². The SMILES string of the molecule is Cc1ccc2c(c1)[C@]1(C(=O)N2)[C@H](C(=O)c2ccccn2)[C@@H](c2ccc([N+](=O)[O-])cc2)[C@H]2CSCN21. The van der Waals surface area contributed by atoms with Crippen LogP contribution in [0.1, 0.15) is 33.1 Å². The van der Waals surface area contributed by atoms with Crippen LogP contribution in [0.4, 0.5) is 11.4 Å². The van der Waals surface area contributed by atoms with Crippen LogP contribution < -0.4 is 5.32 Å². The molecule has 1 N–H and O–H groups in total. The van der Waals surface area contributed by atoms with E-state index in [1.54, 1.807) is 48.3 Å². The number of amides is 1. The Morgan fingerprint density at radius 3 is 2.71 bits per heavy atom. The molecule has 4 heterocycles. The number of carbonyl (C=O) groups excluding carboxylic acids is 2. The number of carbonyl (C=O) groups is 2. The molecule has 0 bridgehead atoms. The second-order valence-corrected chi connectivity index (χ2v) is 10.2. The Balaban J connectivity index is 1.60. The highest BCUT2D eigenvalue weighted by molar-refractivity contribution is 7.99. The number of rotatable bonds is 4. The molecular weight excluding hydrogens is 464 g/mol. The predicted octanol–water partition coefficient (Wildman–Crippen LogP) is 4.12. The summed E-state index contributed by atoms with van der Waals surface area (Å²) in [4.78, 5) is 45.6. The predicted molar refractivity (Wildman–Crippen MR) is 132 cm³/mol. The summed E-state index contributed by atoms with van der Waals surface area (Å²) in [6.07, 6.45) is 1.58. The maximum atomic E-state index is 14.3. The van der Waals surface area contributed by atoms with Gasteiger partial charge in [0.1, 0.15) is 11.2 Å². The van der Waals surface area contributed by atoms with Crippen molar-refractivity contribution < 1.29 is 14.5 Å². The first-order valence-electron chi connectivity index (χ1n) is 11.4. The Hall–Kier alpha value is -3.56. The fourth-order valence-corrected chi connectivity index (χ4v) is 7.37. The lowest BCUT2D eigenvalue weighted by atomic mass is 9.70. The third kappa shape index (κ3) is 3.08. The first-order valence-corrected chi connectivity index (χ1v) is 12.5. The van der Waals surface area contributed by atoms with Crippen LogP contribution in [0.25, 0.3) is 0 Å². The molecule has 8 nitrogen and oxygen atoms in total. The summed E-state index contributed by atoms with van der Waals surface area (Å²) in [7, 11) is 0. The zero-order chi connectivity index (χ0) is 24.3. The van der Waals surface area contributed by atoms with Crippen LogP contribution in [0.3, 0.4) is 0 Å². The second kappa shape index (κ2) is 8.00. The van der Waals surface area contributed by atoms with E-state index < -0.39 is 16.4 Å². The Morgan fingerprint density at radius 1 is 1.20 bits per heavy atom. The molecule has 0 aliphatic carbocycles. The quantitative estimate of drug-likeness (QED) is 0.336. The average Bonchev–Trinajstić information content (AvgIpc) is 3.53. The molecule has 3 aliphatic rings. The average molecular weight is 487 g/mol. The van der Waals surface area contributed by atoms with Crippen LogP contribution in [-0.4, -0.2) is 44.2 Å². The summed E-state index contributed by atoms with van der Waals surface area (Å²) in [6, 6.07) is 17.4. The van der Waals surface area contributed by atoms with Crippen molar-refractivity contribution in [2.45, 2.75) is 24.4 Å². The number of pyridine rings is 1. The van der Waals surface area contributed by atoms with Gasteiger partial charge in [0, 0.05) is 53.2 Å². The smallest absolute Gasteiger partial charge is 0.269 e. The van der Waals surface area contributed by atoms with Gasteiger partial charge in [-0.2, -0.15) is 0 Å². The van der Waals surface area contributed by atoms with Crippen molar-refractivity contribution in [1.82, 2.24) is 9.88 Å². The van der Waals surface area contributed by atoms with E-state index in [-0.39, 0.29) is 29.3 Å². The number of nitrogens with one attached hydrogen (secondary N) is 1. The number of thioether (sulfide) groups is 1. The van der Waals surface area contributed by atoms with E-state index in [9.17, 15) is 19.7 Å². The number of fused-ring (bicyclic) bond motifs is 4. The van der Waals surface area contributed by atoms with E-state index in [0.29, 0.717) is 11.6 Å². The number of nitro benzene ring substituents is 1. The number of benzene rings is 2. The normalized spacial score (nSPS) is 27.0. The summed E-state index contributed by atoms with van der Waals surface area (Å²) < 4.78 is 0. The monoisotopic (exact) mass is 486 g/mol. The topological polar surface area (TPSA) is 105 Å². The van der Waals surface area contributed by atoms with Gasteiger partial charge < -0.3 is 5.32 Å². The number of Topliss-reactive ketones (excluding diaryl/α,β-unsaturated/α-hetero) is 1. The Morgan fingerprint density at radius 2 is 2.00 bits per heavy atom. The Bertz CT molecular complexity index is 1360. The Kier molecular flexibility index (Phi) is 5.01. The van der Waals surface area contributed by atoms with E-state index >= 15 is 0 Å². The zero-order valence-corrected chi connectivity index (χ0v) is 19.7. The molecule has 35 heavy (non-hydrogen) atoms. The first-order chi connectivity index (χ1) is 16.9. The van der Waals surface area contributed by atoms with Gasteiger partial charge in [-0.3, -0.25) is 29.6 Å². The van der Waals surface area contributed by atoms with Crippen LogP contribution in [0, 0.1) is 23.0 Å². The molecule has 0 radical (unpaired) electrons. The van der Waals surface area contributed by atoms with Crippen LogP contribution in [0.15, 0.2) is 66.9 Å². The fraction of sp³-hybridized carbons (Fsp3) is 0.269. The van der Waals surface area contributed by atoms with Crippen LogP contribution in [-0.2, 0) is 10.3 Å². The summed E-state index contributed by atoms with van der Waals surface area (Å²) in [5.41, 5.74) is 2.47. The van der Waals surface area contributed by atoms with Crippen molar-refractivity contribution in [2.24, 2.45) is 5.92 Å². The molecular formula is C26H22N4O4S. The molecule has 1 amide bonds. The zero-order valence-electron chi connectivity index (χ0n) is 18.9. The van der Waals surface area contributed by atoms with Crippen molar-refractivity contribution in [1.29, 1.82) is 0 Å². The van der Waals surface area contributed by atoms with Crippen molar-refractivity contribution in [2.75, 3.05) is 16.9 Å². The van der Waals surface area contributed by atoms with Gasteiger partial charge >= 0.3 is 0 Å². The largest absolute Gasteiger partial charge is 0.324 e. The lowest BCUT2D eigenvalue weighted by Crippen LogP contribution is -2.52. The number of nitro groups is 1. The number of ketones is 1. The highest BCUT2D eigenvalue weighted by Gasteiger charge is 2.69. The van der Waals surface area contributed by atoms with Gasteiger partial charge in [-0.05, 0) is 30.7 Å². The van der Waals surface area contributed by atoms with Gasteiger partial charge in [-0.25, -0.2) is 0 Å². The molecule has 2 aromatic carbocycles. The molecule has 0 unspecified atom stereocenters. The van der Waals surface area contributed by atoms with Crippen molar-refractivity contribution >= 4 is 34.8 Å². The maximum absolute atomic E-state index is 14.3. The number of aryl methyl sites for hydroxylation is 1. The number of non-ortho nitro benzene ring substituents is 1. The Labute approximate surface area is 205 Å². The lowest BCUT2D eigenvalue weighted by molar-refractivity contribution is -0.384. The number of hydrogen-bond acceptors (Lipinski definition) is 7. The van der Waals surface area contributed by atoms with Crippen LogP contribution >= 0.6 is 11.8 Å². The first kappa shape index (κ1) is 21.9. The minimum atomic E-state index is -1.18. The second-order valence-electron chi connectivity index (χ2n) is 9.24. The van der Waals surface area contributed by atoms with Crippen molar-refractivity contribution in [3.05, 3.63) is 99.4 Å². The summed E-state index contributed by atoms with van der Waals surface area (Å²) >= 11 is 1.73. The highest BCUT2D eigenvalue weighted by atomic mass is 32.2. The maximum Gasteiger partial charge on any atom is 0.269 e. The summed E-state index contributed by atoms with van der Waals surface area (Å²) in [6.45, 7) is 1.98. The molecule has 176 valence electrons. The minimum Gasteiger partial charge on any atom is -0.324 e. The van der Waals surface area contributed by atoms with Gasteiger partial charge in [0.2, 0.25) is 5.91 Å². The van der Waals surface area contributed by atoms with E-state index in [0.717, 1.165) is 28.1 Å². The molecule has 4 atom stereocenters. The van der Waals surface area contributed by atoms with Gasteiger partial charge in [0.25, 0.3) is 5.69 Å². The van der Waals surface area contributed by atoms with Crippen LogP contribution in [0.2, 0.25) is 0 Å². The highest BCUT2D eigenvalue weighted by Crippen LogP contribution is 2.61. The van der Waals surface area contributed by atoms with Gasteiger partial charge in [0.05, 0.1) is 10.8 Å². The molecule has 3 aliphatic heterocycles. The molecule has 2 saturated heterocycles. The van der Waals surface area contributed by atoms with E-state index in [1.807, 2.05) is 25.1 Å². The number of aromatic nitrogens is 1. The summed E-state index contributed by atoms with van der Waals surface area (Å²) in [5.74, 6) is -0.113. The summed E-state index contributed by atoms with van der Waals surface area (Å²) in [5, 5.41) is 14.3. The van der Waals surface area contributed by atoms with Gasteiger partial charge in [-0.1, -0.05) is 35.9 Å². The number of nitrogens with zero attached hydrogens (tertiary/aromatic N) is 3. The molecule has 9 heteroatoms. The van der Waals surface area contributed by atoms with E-state index in [1.165, 1.54) is 12.1 Å². The molecule has 0 saturated carbocycles. The molecule has 1 spiro atoms. The number of anilines is 1. The number of hydrogen-bond donors (Lipinski definition) is 1. The molecule has 1 aromatic heterocycles. The molecule has 6 rings (SSSR count). The molecule has 3 aromatic rings. The standard InChI is InChI=1S/C26H22N4O4S/c1-15-5-10-19-18(12-15)26(25(32)28-19)23(24(31)20-4-2-3-11-27-20)22(21-13-35-14-29(21)26)16-6-8-17(9-7-16)30(33)34/h2-12,21-23H,13-14H2,1H3,(H,28,32)/t21-,22+,23+,26-/m1/s1. The van der Waals surface area contributed by atoms with Crippen molar-refractivity contribution in [3.8, 4) is 0 Å². The van der Waals surface area contributed by atoms with Crippen LogP contribution in [0.5, 0.6) is 0 Å².